The minimum absolute atomic E-state index is 0.736. The summed E-state index contributed by atoms with van der Waals surface area (Å²) in [7, 11) is 0. The SMILES string of the molecule is c1ccc(-c2cncc(NCc3cn4c(n3)CCCCC4)c2)cc1. The summed E-state index contributed by atoms with van der Waals surface area (Å²) in [4.78, 5) is 9.15. The van der Waals surface area contributed by atoms with E-state index >= 15 is 0 Å². The molecule has 4 nitrogen and oxygen atoms in total. The fraction of sp³-hybridized carbons (Fsp3) is 0.300. The van der Waals surface area contributed by atoms with E-state index in [4.69, 9.17) is 4.98 Å². The van der Waals surface area contributed by atoms with Gasteiger partial charge in [0.2, 0.25) is 0 Å². The number of imidazole rings is 1. The van der Waals surface area contributed by atoms with Gasteiger partial charge in [0.15, 0.2) is 0 Å². The van der Waals surface area contributed by atoms with Crippen LogP contribution < -0.4 is 5.32 Å². The van der Waals surface area contributed by atoms with Crippen LogP contribution in [-0.2, 0) is 19.5 Å². The van der Waals surface area contributed by atoms with Crippen LogP contribution in [0.4, 0.5) is 5.69 Å². The second-order valence-electron chi connectivity index (χ2n) is 6.33. The highest BCUT2D eigenvalue weighted by atomic mass is 15.1. The normalized spacial score (nSPS) is 14.0. The first-order valence-electron chi connectivity index (χ1n) is 8.68. The molecule has 3 aromatic rings. The number of aromatic nitrogens is 3. The summed E-state index contributed by atoms with van der Waals surface area (Å²) in [6.07, 6.45) is 10.9. The Morgan fingerprint density at radius 2 is 1.92 bits per heavy atom. The number of hydrogen-bond acceptors (Lipinski definition) is 3. The molecular weight excluding hydrogens is 296 g/mol. The number of nitrogens with zero attached hydrogens (tertiary/aromatic N) is 3. The summed E-state index contributed by atoms with van der Waals surface area (Å²) in [6, 6.07) is 12.5. The van der Waals surface area contributed by atoms with E-state index in [1.54, 1.807) is 0 Å². The van der Waals surface area contributed by atoms with Gasteiger partial charge in [0, 0.05) is 37.1 Å². The zero-order valence-electron chi connectivity index (χ0n) is 13.8. The maximum Gasteiger partial charge on any atom is 0.109 e. The average molecular weight is 318 g/mol. The third kappa shape index (κ3) is 3.32. The van der Waals surface area contributed by atoms with Crippen molar-refractivity contribution in [1.82, 2.24) is 14.5 Å². The van der Waals surface area contributed by atoms with Crippen LogP contribution >= 0.6 is 0 Å². The largest absolute Gasteiger partial charge is 0.378 e. The van der Waals surface area contributed by atoms with Gasteiger partial charge in [-0.25, -0.2) is 4.98 Å². The number of benzene rings is 1. The van der Waals surface area contributed by atoms with Crippen LogP contribution in [-0.4, -0.2) is 14.5 Å². The van der Waals surface area contributed by atoms with Gasteiger partial charge in [-0.15, -0.1) is 0 Å². The quantitative estimate of drug-likeness (QED) is 0.780. The standard InChI is InChI=1S/C20H22N4/c1-3-7-16(8-4-1)17-11-18(13-21-12-17)22-14-19-15-24-10-6-2-5-9-20(24)23-19/h1,3-4,7-8,11-13,15,22H,2,5-6,9-10,14H2. The summed E-state index contributed by atoms with van der Waals surface area (Å²) in [5, 5.41) is 3.46. The third-order valence-electron chi connectivity index (χ3n) is 4.53. The molecule has 0 bridgehead atoms. The number of hydrogen-bond donors (Lipinski definition) is 1. The van der Waals surface area contributed by atoms with Gasteiger partial charge in [-0.1, -0.05) is 36.8 Å². The topological polar surface area (TPSA) is 42.7 Å². The number of anilines is 1. The summed E-state index contributed by atoms with van der Waals surface area (Å²) < 4.78 is 2.32. The maximum absolute atomic E-state index is 4.79. The lowest BCUT2D eigenvalue weighted by Gasteiger charge is -2.07. The van der Waals surface area contributed by atoms with E-state index < -0.39 is 0 Å². The van der Waals surface area contributed by atoms with E-state index in [9.17, 15) is 0 Å². The highest BCUT2D eigenvalue weighted by Crippen LogP contribution is 2.21. The molecule has 0 saturated carbocycles. The van der Waals surface area contributed by atoms with Gasteiger partial charge < -0.3 is 9.88 Å². The molecule has 1 aliphatic heterocycles. The van der Waals surface area contributed by atoms with Crippen molar-refractivity contribution in [2.75, 3.05) is 5.32 Å². The van der Waals surface area contributed by atoms with Crippen molar-refractivity contribution in [3.05, 3.63) is 66.5 Å². The molecule has 1 aliphatic rings. The number of nitrogens with one attached hydrogen (secondary N) is 1. The second kappa shape index (κ2) is 6.87. The average Bonchev–Trinajstić information content (AvgIpc) is 2.90. The summed E-state index contributed by atoms with van der Waals surface area (Å²) in [6.45, 7) is 1.84. The van der Waals surface area contributed by atoms with Crippen LogP contribution in [0.3, 0.4) is 0 Å². The molecule has 24 heavy (non-hydrogen) atoms. The summed E-state index contributed by atoms with van der Waals surface area (Å²) >= 11 is 0. The van der Waals surface area contributed by atoms with Crippen molar-refractivity contribution >= 4 is 5.69 Å². The Morgan fingerprint density at radius 3 is 2.83 bits per heavy atom. The van der Waals surface area contributed by atoms with E-state index in [0.717, 1.165) is 36.5 Å². The summed E-state index contributed by atoms with van der Waals surface area (Å²) in [5.74, 6) is 1.24. The van der Waals surface area contributed by atoms with Gasteiger partial charge in [0.1, 0.15) is 5.82 Å². The minimum atomic E-state index is 0.736. The van der Waals surface area contributed by atoms with Crippen LogP contribution in [0.5, 0.6) is 0 Å². The Labute approximate surface area is 142 Å². The van der Waals surface area contributed by atoms with Crippen LogP contribution in [0, 0.1) is 0 Å². The lowest BCUT2D eigenvalue weighted by Crippen LogP contribution is -2.00. The zero-order chi connectivity index (χ0) is 16.2. The monoisotopic (exact) mass is 318 g/mol. The highest BCUT2D eigenvalue weighted by Gasteiger charge is 2.11. The van der Waals surface area contributed by atoms with Crippen LogP contribution in [0.25, 0.3) is 11.1 Å². The molecule has 0 saturated heterocycles. The van der Waals surface area contributed by atoms with Crippen LogP contribution in [0.15, 0.2) is 55.0 Å². The van der Waals surface area contributed by atoms with Gasteiger partial charge in [0.05, 0.1) is 17.9 Å². The molecule has 1 aromatic carbocycles. The van der Waals surface area contributed by atoms with Crippen molar-refractivity contribution in [3.63, 3.8) is 0 Å². The van der Waals surface area contributed by atoms with E-state index in [1.165, 1.54) is 30.7 Å². The predicted molar refractivity (Wildman–Crippen MR) is 96.8 cm³/mol. The number of aryl methyl sites for hydroxylation is 2. The molecule has 0 spiro atoms. The van der Waals surface area contributed by atoms with E-state index in [2.05, 4.69) is 39.3 Å². The summed E-state index contributed by atoms with van der Waals surface area (Å²) in [5.41, 5.74) is 4.44. The first-order valence-corrected chi connectivity index (χ1v) is 8.68. The predicted octanol–water partition coefficient (Wildman–Crippen LogP) is 4.28. The van der Waals surface area contributed by atoms with E-state index in [-0.39, 0.29) is 0 Å². The van der Waals surface area contributed by atoms with Crippen molar-refractivity contribution < 1.29 is 0 Å². The molecule has 4 rings (SSSR count). The Hall–Kier alpha value is -2.62. The molecule has 0 amide bonds. The molecule has 0 fully saturated rings. The molecule has 0 unspecified atom stereocenters. The fourth-order valence-corrected chi connectivity index (χ4v) is 3.25. The minimum Gasteiger partial charge on any atom is -0.378 e. The van der Waals surface area contributed by atoms with Crippen molar-refractivity contribution in [3.8, 4) is 11.1 Å². The number of rotatable bonds is 4. The second-order valence-corrected chi connectivity index (χ2v) is 6.33. The molecule has 2 aromatic heterocycles. The Morgan fingerprint density at radius 1 is 1.00 bits per heavy atom. The maximum atomic E-state index is 4.79. The number of pyridine rings is 1. The first kappa shape index (κ1) is 14.9. The van der Waals surface area contributed by atoms with Crippen LogP contribution in [0.1, 0.15) is 30.8 Å². The Kier molecular flexibility index (Phi) is 4.28. The van der Waals surface area contributed by atoms with Gasteiger partial charge in [-0.2, -0.15) is 0 Å². The fourth-order valence-electron chi connectivity index (χ4n) is 3.25. The molecule has 0 aliphatic carbocycles. The Balaban J connectivity index is 1.46. The smallest absolute Gasteiger partial charge is 0.109 e. The van der Waals surface area contributed by atoms with Gasteiger partial charge in [-0.3, -0.25) is 4.98 Å². The molecule has 0 atom stereocenters. The molecule has 3 heterocycles. The third-order valence-corrected chi connectivity index (χ3v) is 4.53. The van der Waals surface area contributed by atoms with Gasteiger partial charge >= 0.3 is 0 Å². The zero-order valence-corrected chi connectivity index (χ0v) is 13.8. The van der Waals surface area contributed by atoms with Crippen LogP contribution in [0.2, 0.25) is 0 Å². The molecule has 0 radical (unpaired) electrons. The van der Waals surface area contributed by atoms with Gasteiger partial charge in [0.25, 0.3) is 0 Å². The lowest BCUT2D eigenvalue weighted by atomic mass is 10.1. The Bertz CT molecular complexity index is 784. The molecule has 4 heteroatoms. The lowest BCUT2D eigenvalue weighted by molar-refractivity contribution is 0.634. The number of fused-ring (bicyclic) bond motifs is 1. The van der Waals surface area contributed by atoms with Crippen molar-refractivity contribution in [2.24, 2.45) is 0 Å². The van der Waals surface area contributed by atoms with Crippen molar-refractivity contribution in [2.45, 2.75) is 38.8 Å². The molecular formula is C20H22N4. The van der Waals surface area contributed by atoms with E-state index in [0.29, 0.717) is 0 Å². The van der Waals surface area contributed by atoms with E-state index in [1.807, 2.05) is 30.6 Å². The first-order chi connectivity index (χ1) is 11.9. The van der Waals surface area contributed by atoms with Crippen molar-refractivity contribution in [1.29, 1.82) is 0 Å². The molecule has 122 valence electrons. The highest BCUT2D eigenvalue weighted by molar-refractivity contribution is 5.66. The molecule has 1 N–H and O–H groups in total. The van der Waals surface area contributed by atoms with Gasteiger partial charge in [-0.05, 0) is 24.5 Å².